The Balaban J connectivity index is 1.49. The number of nitrogen functional groups attached to an aromatic ring is 1. The van der Waals surface area contributed by atoms with Gasteiger partial charge in [0.25, 0.3) is 0 Å². The van der Waals surface area contributed by atoms with Crippen LogP contribution in [0.15, 0.2) is 48.7 Å². The van der Waals surface area contributed by atoms with Gasteiger partial charge in [0.15, 0.2) is 0 Å². The number of nitrogens with two attached hydrogens (primary N) is 1. The van der Waals surface area contributed by atoms with Crippen LogP contribution in [-0.2, 0) is 18.4 Å². The Morgan fingerprint density at radius 2 is 1.92 bits per heavy atom. The molecule has 39 heavy (non-hydrogen) atoms. The molecule has 1 fully saturated rings. The molecule has 0 aliphatic carbocycles. The van der Waals surface area contributed by atoms with Crippen LogP contribution in [0.2, 0.25) is 0 Å². The van der Waals surface area contributed by atoms with Crippen LogP contribution in [0.1, 0.15) is 12.1 Å². The number of amides is 1. The molecule has 1 aliphatic heterocycles. The minimum atomic E-state index is 0.178. The number of para-hydroxylation sites is 1. The fourth-order valence-corrected chi connectivity index (χ4v) is 4.96. The average molecular weight is 529 g/mol. The van der Waals surface area contributed by atoms with E-state index in [1.807, 2.05) is 63.4 Å². The summed E-state index contributed by atoms with van der Waals surface area (Å²) in [7, 11) is 9.78. The Morgan fingerprint density at radius 1 is 1.13 bits per heavy atom. The molecule has 10 nitrogen and oxygen atoms in total. The van der Waals surface area contributed by atoms with Gasteiger partial charge in [0.05, 0.1) is 36.4 Å². The highest BCUT2D eigenvalue weighted by Crippen LogP contribution is 2.38. The molecule has 1 amide bonds. The van der Waals surface area contributed by atoms with Gasteiger partial charge in [-0.05, 0) is 32.3 Å². The first kappa shape index (κ1) is 26.3. The van der Waals surface area contributed by atoms with E-state index in [4.69, 9.17) is 15.5 Å². The molecule has 0 saturated carbocycles. The highest BCUT2D eigenvalue weighted by Gasteiger charge is 2.27. The minimum absolute atomic E-state index is 0.178. The summed E-state index contributed by atoms with van der Waals surface area (Å²) in [5, 5.41) is 4.39. The van der Waals surface area contributed by atoms with Gasteiger partial charge in [-0.2, -0.15) is 0 Å². The first-order valence-electron chi connectivity index (χ1n) is 13.0. The van der Waals surface area contributed by atoms with Gasteiger partial charge in [-0.1, -0.05) is 18.2 Å². The molecule has 1 saturated heterocycles. The number of hydrogen-bond acceptors (Lipinski definition) is 8. The number of ether oxygens (including phenoxy) is 1. The normalized spacial score (nSPS) is 13.2. The third kappa shape index (κ3) is 5.20. The van der Waals surface area contributed by atoms with Gasteiger partial charge in [0.2, 0.25) is 11.9 Å². The van der Waals surface area contributed by atoms with Gasteiger partial charge in [-0.3, -0.25) is 4.79 Å². The zero-order valence-electron chi connectivity index (χ0n) is 23.2. The SMILES string of the molecule is COc1cc(N(C)CCN(C)C)c(N)cc1Nc1nccc(-c2c(CN3CCC3=O)n(C)c3ccccc23)n1. The molecule has 0 atom stereocenters. The van der Waals surface area contributed by atoms with Crippen molar-refractivity contribution in [2.45, 2.75) is 13.0 Å². The van der Waals surface area contributed by atoms with Gasteiger partial charge < -0.3 is 35.1 Å². The van der Waals surface area contributed by atoms with Crippen LogP contribution in [0.3, 0.4) is 0 Å². The number of hydrogen-bond donors (Lipinski definition) is 2. The third-order valence-electron chi connectivity index (χ3n) is 7.32. The average Bonchev–Trinajstić information content (AvgIpc) is 3.21. The highest BCUT2D eigenvalue weighted by atomic mass is 16.5. The first-order valence-corrected chi connectivity index (χ1v) is 13.0. The molecular formula is C29H36N8O2. The Hall–Kier alpha value is -4.31. The van der Waals surface area contributed by atoms with E-state index in [-0.39, 0.29) is 5.91 Å². The van der Waals surface area contributed by atoms with Crippen molar-refractivity contribution in [1.82, 2.24) is 24.3 Å². The number of aryl methyl sites for hydroxylation is 1. The number of likely N-dealkylation sites (N-methyl/N-ethyl adjacent to an activating group) is 2. The maximum Gasteiger partial charge on any atom is 0.227 e. The minimum Gasteiger partial charge on any atom is -0.494 e. The quantitative estimate of drug-likeness (QED) is 0.237. The molecule has 0 unspecified atom stereocenters. The molecule has 0 radical (unpaired) electrons. The van der Waals surface area contributed by atoms with Crippen LogP contribution >= 0.6 is 0 Å². The first-order chi connectivity index (χ1) is 18.8. The van der Waals surface area contributed by atoms with E-state index in [2.05, 4.69) is 36.8 Å². The van der Waals surface area contributed by atoms with Crippen molar-refractivity contribution in [1.29, 1.82) is 0 Å². The highest BCUT2D eigenvalue weighted by molar-refractivity contribution is 5.97. The van der Waals surface area contributed by atoms with Gasteiger partial charge in [0, 0.05) is 74.6 Å². The lowest BCUT2D eigenvalue weighted by molar-refractivity contribution is -0.140. The largest absolute Gasteiger partial charge is 0.494 e. The van der Waals surface area contributed by atoms with E-state index in [9.17, 15) is 4.79 Å². The fourth-order valence-electron chi connectivity index (χ4n) is 4.96. The summed E-state index contributed by atoms with van der Waals surface area (Å²) in [5.74, 6) is 1.25. The number of anilines is 4. The molecule has 4 aromatic rings. The van der Waals surface area contributed by atoms with Crippen LogP contribution in [0.4, 0.5) is 23.0 Å². The second kappa shape index (κ2) is 10.8. The number of methoxy groups -OCH3 is 1. The number of likely N-dealkylation sites (tertiary alicyclic amines) is 1. The second-order valence-electron chi connectivity index (χ2n) is 10.2. The van der Waals surface area contributed by atoms with Crippen molar-refractivity contribution in [3.05, 3.63) is 54.4 Å². The second-order valence-corrected chi connectivity index (χ2v) is 10.2. The summed E-state index contributed by atoms with van der Waals surface area (Å²) < 4.78 is 7.86. The van der Waals surface area contributed by atoms with Crippen molar-refractivity contribution in [2.75, 3.05) is 63.8 Å². The Kier molecular flexibility index (Phi) is 7.30. The van der Waals surface area contributed by atoms with Crippen LogP contribution in [0.5, 0.6) is 5.75 Å². The molecule has 5 rings (SSSR count). The van der Waals surface area contributed by atoms with Crippen molar-refractivity contribution < 1.29 is 9.53 Å². The summed E-state index contributed by atoms with van der Waals surface area (Å²) in [5.41, 5.74) is 12.6. The number of carbonyl (C=O) groups is 1. The Morgan fingerprint density at radius 3 is 2.62 bits per heavy atom. The molecule has 10 heteroatoms. The van der Waals surface area contributed by atoms with E-state index in [0.29, 0.717) is 36.0 Å². The van der Waals surface area contributed by atoms with Crippen LogP contribution < -0.4 is 20.7 Å². The molecule has 0 bridgehead atoms. The molecule has 0 spiro atoms. The summed E-state index contributed by atoms with van der Waals surface area (Å²) in [4.78, 5) is 27.6. The molecule has 204 valence electrons. The smallest absolute Gasteiger partial charge is 0.227 e. The standard InChI is InChI=1S/C29H36N8O2/c1-34(2)14-15-35(3)24-17-26(39-5)22(16-20(24)30)33-29-31-12-10-21(32-29)28-19-8-6-7-9-23(19)36(4)25(28)18-37-13-11-27(37)38/h6-10,12,16-17H,11,13-15,18,30H2,1-5H3,(H,31,32,33). The third-order valence-corrected chi connectivity index (χ3v) is 7.32. The van der Waals surface area contributed by atoms with Crippen molar-refractivity contribution >= 4 is 39.8 Å². The van der Waals surface area contributed by atoms with Gasteiger partial charge >= 0.3 is 0 Å². The molecule has 2 aromatic heterocycles. The number of benzene rings is 2. The number of nitrogens with one attached hydrogen (secondary N) is 1. The maximum atomic E-state index is 12.1. The van der Waals surface area contributed by atoms with Crippen molar-refractivity contribution in [3.63, 3.8) is 0 Å². The topological polar surface area (TPSA) is 105 Å². The Bertz CT molecular complexity index is 1510. The number of carbonyl (C=O) groups excluding carboxylic acids is 1. The summed E-state index contributed by atoms with van der Waals surface area (Å²) >= 11 is 0. The maximum absolute atomic E-state index is 12.1. The predicted molar refractivity (Wildman–Crippen MR) is 156 cm³/mol. The monoisotopic (exact) mass is 528 g/mol. The predicted octanol–water partition coefficient (Wildman–Crippen LogP) is 3.70. The van der Waals surface area contributed by atoms with Crippen LogP contribution in [0, 0.1) is 0 Å². The van der Waals surface area contributed by atoms with Gasteiger partial charge in [0.1, 0.15) is 5.75 Å². The van der Waals surface area contributed by atoms with Crippen LogP contribution in [-0.4, -0.2) is 78.1 Å². The summed E-state index contributed by atoms with van der Waals surface area (Å²) in [6.07, 6.45) is 2.35. The summed E-state index contributed by atoms with van der Waals surface area (Å²) in [6.45, 7) is 3.05. The van der Waals surface area contributed by atoms with E-state index >= 15 is 0 Å². The van der Waals surface area contributed by atoms with Gasteiger partial charge in [-0.25, -0.2) is 9.97 Å². The van der Waals surface area contributed by atoms with E-state index in [1.165, 1.54) is 0 Å². The zero-order valence-corrected chi connectivity index (χ0v) is 23.2. The van der Waals surface area contributed by atoms with Crippen molar-refractivity contribution in [2.24, 2.45) is 7.05 Å². The van der Waals surface area contributed by atoms with Gasteiger partial charge in [-0.15, -0.1) is 0 Å². The molecular weight excluding hydrogens is 492 g/mol. The van der Waals surface area contributed by atoms with E-state index < -0.39 is 0 Å². The lowest BCUT2D eigenvalue weighted by Crippen LogP contribution is -2.42. The molecule has 1 aliphatic rings. The van der Waals surface area contributed by atoms with Crippen LogP contribution in [0.25, 0.3) is 22.2 Å². The van der Waals surface area contributed by atoms with E-state index in [0.717, 1.165) is 53.2 Å². The molecule has 3 heterocycles. The number of fused-ring (bicyclic) bond motifs is 1. The number of β-lactam (4-membered cyclic amide) rings is 1. The number of aromatic nitrogens is 3. The van der Waals surface area contributed by atoms with E-state index in [1.54, 1.807) is 13.3 Å². The lowest BCUT2D eigenvalue weighted by atomic mass is 10.1. The molecule has 2 aromatic carbocycles. The zero-order chi connectivity index (χ0) is 27.7. The fraction of sp³-hybridized carbons (Fsp3) is 0.345. The summed E-state index contributed by atoms with van der Waals surface area (Å²) in [6, 6.07) is 13.9. The van der Waals surface area contributed by atoms with Crippen molar-refractivity contribution in [3.8, 4) is 17.0 Å². The lowest BCUT2D eigenvalue weighted by Gasteiger charge is -2.31. The number of rotatable bonds is 10. The number of nitrogens with zero attached hydrogens (tertiary/aromatic N) is 6. The molecule has 3 N–H and O–H groups in total. The Labute approximate surface area is 229 Å².